The fraction of sp³-hybridized carbons (Fsp3) is 0.600. The van der Waals surface area contributed by atoms with Crippen molar-refractivity contribution in [1.82, 2.24) is 0 Å². The number of nitrogens with two attached hydrogens (primary N) is 1. The molecule has 2 rings (SSSR count). The molecule has 0 radical (unpaired) electrons. The van der Waals surface area contributed by atoms with Crippen molar-refractivity contribution in [1.29, 1.82) is 0 Å². The van der Waals surface area contributed by atoms with Gasteiger partial charge >= 0.3 is 0 Å². The van der Waals surface area contributed by atoms with Crippen molar-refractivity contribution in [3.63, 3.8) is 0 Å². The highest BCUT2D eigenvalue weighted by atomic mass is 19.1. The van der Waals surface area contributed by atoms with Gasteiger partial charge < -0.3 is 10.8 Å². The van der Waals surface area contributed by atoms with Gasteiger partial charge in [0, 0.05) is 18.0 Å². The average Bonchev–Trinajstić information content (AvgIpc) is 2.63. The van der Waals surface area contributed by atoms with Gasteiger partial charge in [0.25, 0.3) is 0 Å². The zero-order valence-electron chi connectivity index (χ0n) is 11.0. The van der Waals surface area contributed by atoms with Gasteiger partial charge in [-0.05, 0) is 30.5 Å². The molecule has 4 heteroatoms. The Morgan fingerprint density at radius 2 is 1.58 bits per heavy atom. The molecule has 0 aliphatic heterocycles. The summed E-state index contributed by atoms with van der Waals surface area (Å²) in [7, 11) is 0. The maximum absolute atomic E-state index is 13.3. The van der Waals surface area contributed by atoms with Crippen molar-refractivity contribution in [2.45, 2.75) is 44.6 Å². The largest absolute Gasteiger partial charge is 0.388 e. The third-order valence-corrected chi connectivity index (χ3v) is 4.29. The lowest BCUT2D eigenvalue weighted by Crippen LogP contribution is -2.36. The molecule has 1 aromatic carbocycles. The summed E-state index contributed by atoms with van der Waals surface area (Å²) in [4.78, 5) is 0. The van der Waals surface area contributed by atoms with Gasteiger partial charge in [0.1, 0.15) is 11.6 Å². The van der Waals surface area contributed by atoms with Gasteiger partial charge in [-0.3, -0.25) is 0 Å². The van der Waals surface area contributed by atoms with Crippen molar-refractivity contribution in [2.75, 3.05) is 6.54 Å². The molecule has 0 amide bonds. The van der Waals surface area contributed by atoms with Gasteiger partial charge in [-0.2, -0.15) is 0 Å². The predicted octanol–water partition coefficient (Wildman–Crippen LogP) is 3.30. The number of hydrogen-bond donors (Lipinski definition) is 2. The first-order chi connectivity index (χ1) is 9.07. The van der Waals surface area contributed by atoms with Crippen molar-refractivity contribution in [2.24, 2.45) is 11.1 Å². The molecular weight excluding hydrogens is 248 g/mol. The normalized spacial score (nSPS) is 20.8. The van der Waals surface area contributed by atoms with Crippen LogP contribution in [0.15, 0.2) is 18.2 Å². The molecule has 1 atom stereocenters. The summed E-state index contributed by atoms with van der Waals surface area (Å²) < 4.78 is 26.6. The van der Waals surface area contributed by atoms with E-state index in [9.17, 15) is 13.9 Å². The van der Waals surface area contributed by atoms with Gasteiger partial charge in [0.15, 0.2) is 0 Å². The van der Waals surface area contributed by atoms with Crippen LogP contribution in [0, 0.1) is 17.0 Å². The molecule has 1 fully saturated rings. The van der Waals surface area contributed by atoms with Crippen LogP contribution in [0.25, 0.3) is 0 Å². The lowest BCUT2D eigenvalue weighted by Gasteiger charge is -2.36. The van der Waals surface area contributed by atoms with Crippen molar-refractivity contribution in [3.05, 3.63) is 35.4 Å². The third-order valence-electron chi connectivity index (χ3n) is 4.29. The number of hydrogen-bond acceptors (Lipinski definition) is 2. The zero-order chi connectivity index (χ0) is 13.9. The Kier molecular flexibility index (Phi) is 4.53. The Bertz CT molecular complexity index is 408. The minimum Gasteiger partial charge on any atom is -0.388 e. The molecular formula is C15H21F2NO. The second-order valence-corrected chi connectivity index (χ2v) is 5.59. The summed E-state index contributed by atoms with van der Waals surface area (Å²) in [6, 6.07) is 3.23. The molecule has 1 unspecified atom stereocenters. The van der Waals surface area contributed by atoms with E-state index in [0.29, 0.717) is 12.1 Å². The lowest BCUT2D eigenvalue weighted by atomic mass is 9.73. The van der Waals surface area contributed by atoms with E-state index in [0.717, 1.165) is 44.6 Å². The van der Waals surface area contributed by atoms with E-state index in [1.165, 1.54) is 12.1 Å². The summed E-state index contributed by atoms with van der Waals surface area (Å²) in [6.07, 6.45) is 4.99. The Labute approximate surface area is 112 Å². The maximum atomic E-state index is 13.3. The van der Waals surface area contributed by atoms with Gasteiger partial charge in [-0.1, -0.05) is 25.7 Å². The molecule has 0 spiro atoms. The lowest BCUT2D eigenvalue weighted by molar-refractivity contribution is 0.0162. The van der Waals surface area contributed by atoms with Crippen molar-refractivity contribution >= 4 is 0 Å². The SMILES string of the molecule is NCC1(C(O)c2cc(F)cc(F)c2)CCCCCC1. The number of aliphatic hydroxyl groups excluding tert-OH is 1. The number of rotatable bonds is 3. The topological polar surface area (TPSA) is 46.2 Å². The van der Waals surface area contributed by atoms with Gasteiger partial charge in [0.05, 0.1) is 6.10 Å². The summed E-state index contributed by atoms with van der Waals surface area (Å²) in [5.41, 5.74) is 5.72. The van der Waals surface area contributed by atoms with Crippen molar-refractivity contribution in [3.8, 4) is 0 Å². The second-order valence-electron chi connectivity index (χ2n) is 5.59. The highest BCUT2D eigenvalue weighted by Crippen LogP contribution is 2.44. The molecule has 1 saturated carbocycles. The predicted molar refractivity (Wildman–Crippen MR) is 70.5 cm³/mol. The monoisotopic (exact) mass is 269 g/mol. The van der Waals surface area contributed by atoms with E-state index in [1.807, 2.05) is 0 Å². The first-order valence-corrected chi connectivity index (χ1v) is 6.91. The van der Waals surface area contributed by atoms with Crippen LogP contribution < -0.4 is 5.73 Å². The van der Waals surface area contributed by atoms with Gasteiger partial charge in [-0.25, -0.2) is 8.78 Å². The molecule has 0 bridgehead atoms. The smallest absolute Gasteiger partial charge is 0.126 e. The highest BCUT2D eigenvalue weighted by Gasteiger charge is 2.38. The molecule has 2 nitrogen and oxygen atoms in total. The zero-order valence-corrected chi connectivity index (χ0v) is 11.0. The fourth-order valence-corrected chi connectivity index (χ4v) is 3.11. The Morgan fingerprint density at radius 3 is 2.05 bits per heavy atom. The third kappa shape index (κ3) is 3.12. The Hall–Kier alpha value is -1.00. The second kappa shape index (κ2) is 5.97. The number of benzene rings is 1. The van der Waals surface area contributed by atoms with Crippen LogP contribution in [0.4, 0.5) is 8.78 Å². The first kappa shape index (κ1) is 14.4. The quantitative estimate of drug-likeness (QED) is 0.827. The highest BCUT2D eigenvalue weighted by molar-refractivity contribution is 5.22. The maximum Gasteiger partial charge on any atom is 0.126 e. The Balaban J connectivity index is 2.30. The molecule has 0 heterocycles. The summed E-state index contributed by atoms with van der Waals surface area (Å²) in [6.45, 7) is 0.340. The molecule has 1 aliphatic carbocycles. The van der Waals surface area contributed by atoms with E-state index in [4.69, 9.17) is 5.73 Å². The number of halogens is 2. The molecule has 0 aromatic heterocycles. The minimum absolute atomic E-state index is 0.296. The van der Waals surface area contributed by atoms with E-state index in [2.05, 4.69) is 0 Å². The summed E-state index contributed by atoms with van der Waals surface area (Å²) >= 11 is 0. The molecule has 19 heavy (non-hydrogen) atoms. The Morgan fingerprint density at radius 1 is 1.05 bits per heavy atom. The molecule has 3 N–H and O–H groups in total. The van der Waals surface area contributed by atoms with Crippen LogP contribution in [-0.4, -0.2) is 11.7 Å². The molecule has 1 aliphatic rings. The van der Waals surface area contributed by atoms with Crippen LogP contribution >= 0.6 is 0 Å². The van der Waals surface area contributed by atoms with Crippen LogP contribution in [0.2, 0.25) is 0 Å². The summed E-state index contributed by atoms with van der Waals surface area (Å²) in [5, 5.41) is 10.6. The van der Waals surface area contributed by atoms with E-state index in [1.54, 1.807) is 0 Å². The van der Waals surface area contributed by atoms with Crippen LogP contribution in [0.1, 0.15) is 50.2 Å². The van der Waals surface area contributed by atoms with Gasteiger partial charge in [-0.15, -0.1) is 0 Å². The minimum atomic E-state index is -0.902. The molecule has 1 aromatic rings. The number of aliphatic hydroxyl groups is 1. The van der Waals surface area contributed by atoms with E-state index < -0.39 is 23.2 Å². The summed E-state index contributed by atoms with van der Waals surface area (Å²) in [5.74, 6) is -1.32. The van der Waals surface area contributed by atoms with Crippen LogP contribution in [0.5, 0.6) is 0 Å². The van der Waals surface area contributed by atoms with Gasteiger partial charge in [0.2, 0.25) is 0 Å². The van der Waals surface area contributed by atoms with Crippen molar-refractivity contribution < 1.29 is 13.9 Å². The molecule has 0 saturated heterocycles. The fourth-order valence-electron chi connectivity index (χ4n) is 3.11. The average molecular weight is 269 g/mol. The van der Waals surface area contributed by atoms with Crippen LogP contribution in [-0.2, 0) is 0 Å². The standard InChI is InChI=1S/C15H21F2NO/c16-12-7-11(8-13(17)9-12)14(19)15(10-18)5-3-1-2-4-6-15/h7-9,14,19H,1-6,10,18H2. The van der Waals surface area contributed by atoms with E-state index >= 15 is 0 Å². The first-order valence-electron chi connectivity index (χ1n) is 6.91. The molecule has 106 valence electrons. The van der Waals surface area contributed by atoms with Crippen LogP contribution in [0.3, 0.4) is 0 Å². The van der Waals surface area contributed by atoms with E-state index in [-0.39, 0.29) is 0 Å².